The molecule has 1 atom stereocenters. The number of benzene rings is 1. The van der Waals surface area contributed by atoms with Crippen molar-refractivity contribution >= 4 is 11.6 Å². The number of ether oxygens (including phenoxy) is 1. The van der Waals surface area contributed by atoms with Crippen LogP contribution in [-0.2, 0) is 11.3 Å². The van der Waals surface area contributed by atoms with Gasteiger partial charge in [-0.2, -0.15) is 5.10 Å². The highest BCUT2D eigenvalue weighted by Gasteiger charge is 2.19. The lowest BCUT2D eigenvalue weighted by Crippen LogP contribution is -2.13. The lowest BCUT2D eigenvalue weighted by molar-refractivity contribution is 0.171. The van der Waals surface area contributed by atoms with Gasteiger partial charge < -0.3 is 9.84 Å². The van der Waals surface area contributed by atoms with Crippen LogP contribution in [-0.4, -0.2) is 28.6 Å². The topological polar surface area (TPSA) is 47.3 Å². The molecule has 1 unspecified atom stereocenters. The van der Waals surface area contributed by atoms with E-state index in [1.165, 1.54) is 30.5 Å². The van der Waals surface area contributed by atoms with Gasteiger partial charge in [0.2, 0.25) is 0 Å². The average molecular weight is 285 g/mol. The van der Waals surface area contributed by atoms with Crippen molar-refractivity contribution in [2.45, 2.75) is 12.6 Å². The fraction of sp³-hybridized carbons (Fsp3) is 0.308. The Balaban J connectivity index is 2.29. The van der Waals surface area contributed by atoms with E-state index in [9.17, 15) is 9.50 Å². The van der Waals surface area contributed by atoms with Crippen LogP contribution in [0.4, 0.5) is 4.39 Å². The molecule has 0 radical (unpaired) electrons. The van der Waals surface area contributed by atoms with E-state index in [0.717, 1.165) is 0 Å². The van der Waals surface area contributed by atoms with Gasteiger partial charge in [0, 0.05) is 7.11 Å². The second-order valence-electron chi connectivity index (χ2n) is 4.05. The molecule has 6 heteroatoms. The molecule has 1 aromatic heterocycles. The van der Waals surface area contributed by atoms with Gasteiger partial charge in [0.05, 0.1) is 30.1 Å². The van der Waals surface area contributed by atoms with E-state index in [1.54, 1.807) is 11.8 Å². The van der Waals surface area contributed by atoms with Gasteiger partial charge in [0.15, 0.2) is 0 Å². The highest BCUT2D eigenvalue weighted by Crippen LogP contribution is 2.28. The van der Waals surface area contributed by atoms with Crippen LogP contribution in [0.25, 0.3) is 0 Å². The number of aromatic nitrogens is 2. The summed E-state index contributed by atoms with van der Waals surface area (Å²) in [6.45, 7) is 0.942. The Morgan fingerprint density at radius 3 is 2.74 bits per heavy atom. The Morgan fingerprint density at radius 1 is 1.42 bits per heavy atom. The third-order valence-electron chi connectivity index (χ3n) is 2.79. The van der Waals surface area contributed by atoms with E-state index in [1.807, 2.05) is 0 Å². The Morgan fingerprint density at radius 2 is 2.11 bits per heavy atom. The summed E-state index contributed by atoms with van der Waals surface area (Å²) in [6.07, 6.45) is 0.520. The zero-order chi connectivity index (χ0) is 13.8. The minimum absolute atomic E-state index is 0.352. The first-order valence-electron chi connectivity index (χ1n) is 5.77. The van der Waals surface area contributed by atoms with Gasteiger partial charge in [-0.15, -0.1) is 0 Å². The van der Waals surface area contributed by atoms with E-state index in [2.05, 4.69) is 5.10 Å². The largest absolute Gasteiger partial charge is 0.383 e. The average Bonchev–Trinajstić information content (AvgIpc) is 2.77. The van der Waals surface area contributed by atoms with Gasteiger partial charge in [0.1, 0.15) is 11.9 Å². The van der Waals surface area contributed by atoms with Crippen LogP contribution in [0.5, 0.6) is 0 Å². The van der Waals surface area contributed by atoms with Crippen molar-refractivity contribution in [2.75, 3.05) is 13.7 Å². The summed E-state index contributed by atoms with van der Waals surface area (Å²) in [4.78, 5) is 0. The number of aliphatic hydroxyl groups is 1. The second-order valence-corrected chi connectivity index (χ2v) is 4.45. The third kappa shape index (κ3) is 3.12. The van der Waals surface area contributed by atoms with E-state index >= 15 is 0 Å². The van der Waals surface area contributed by atoms with Crippen LogP contribution in [0.1, 0.15) is 17.4 Å². The van der Waals surface area contributed by atoms with Gasteiger partial charge in [-0.1, -0.05) is 23.7 Å². The molecule has 0 aliphatic carbocycles. The number of halogens is 2. The second kappa shape index (κ2) is 6.14. The predicted octanol–water partition coefficient (Wildman–Crippen LogP) is 2.40. The predicted molar refractivity (Wildman–Crippen MR) is 69.6 cm³/mol. The number of nitrogens with zero attached hydrogens (tertiary/aromatic N) is 2. The molecule has 4 nitrogen and oxygen atoms in total. The van der Waals surface area contributed by atoms with Crippen molar-refractivity contribution in [1.29, 1.82) is 0 Å². The molecule has 0 aliphatic heterocycles. The van der Waals surface area contributed by atoms with Crippen LogP contribution in [0.2, 0.25) is 5.02 Å². The molecule has 2 rings (SSSR count). The summed E-state index contributed by atoms with van der Waals surface area (Å²) in [5.74, 6) is -0.352. The first-order valence-corrected chi connectivity index (χ1v) is 6.15. The molecule has 0 fully saturated rings. The lowest BCUT2D eigenvalue weighted by atomic mass is 10.1. The number of methoxy groups -OCH3 is 1. The molecule has 102 valence electrons. The van der Waals surface area contributed by atoms with Crippen molar-refractivity contribution in [3.8, 4) is 0 Å². The zero-order valence-electron chi connectivity index (χ0n) is 10.4. The van der Waals surface area contributed by atoms with E-state index in [0.29, 0.717) is 29.4 Å². The molecule has 0 spiro atoms. The number of rotatable bonds is 5. The zero-order valence-corrected chi connectivity index (χ0v) is 11.1. The van der Waals surface area contributed by atoms with Crippen LogP contribution >= 0.6 is 11.6 Å². The van der Waals surface area contributed by atoms with Gasteiger partial charge in [-0.3, -0.25) is 4.68 Å². The quantitative estimate of drug-likeness (QED) is 0.917. The minimum atomic E-state index is -0.951. The molecule has 0 bridgehead atoms. The van der Waals surface area contributed by atoms with Crippen LogP contribution in [0.15, 0.2) is 30.5 Å². The first-order chi connectivity index (χ1) is 9.13. The highest BCUT2D eigenvalue weighted by molar-refractivity contribution is 6.31. The summed E-state index contributed by atoms with van der Waals surface area (Å²) in [7, 11) is 1.58. The van der Waals surface area contributed by atoms with Crippen LogP contribution in [0.3, 0.4) is 0 Å². The molecule has 1 aromatic carbocycles. The third-order valence-corrected chi connectivity index (χ3v) is 3.08. The fourth-order valence-corrected chi connectivity index (χ4v) is 2.05. The molecule has 1 N–H and O–H groups in total. The van der Waals surface area contributed by atoms with Crippen molar-refractivity contribution in [2.24, 2.45) is 0 Å². The normalized spacial score (nSPS) is 12.6. The molecule has 0 amide bonds. The SMILES string of the molecule is COCCn1ncc(Cl)c1C(O)c1ccc(F)cc1. The van der Waals surface area contributed by atoms with Crippen molar-refractivity contribution in [3.63, 3.8) is 0 Å². The van der Waals surface area contributed by atoms with E-state index < -0.39 is 6.10 Å². The Kier molecular flexibility index (Phi) is 4.52. The highest BCUT2D eigenvalue weighted by atomic mass is 35.5. The smallest absolute Gasteiger partial charge is 0.123 e. The minimum Gasteiger partial charge on any atom is -0.383 e. The van der Waals surface area contributed by atoms with Gasteiger partial charge in [-0.25, -0.2) is 4.39 Å². The van der Waals surface area contributed by atoms with Crippen molar-refractivity contribution in [1.82, 2.24) is 9.78 Å². The van der Waals surface area contributed by atoms with Gasteiger partial charge in [0.25, 0.3) is 0 Å². The lowest BCUT2D eigenvalue weighted by Gasteiger charge is -2.14. The maximum atomic E-state index is 12.9. The molecular formula is C13H14ClFN2O2. The number of aliphatic hydroxyl groups excluding tert-OH is 1. The number of hydrogen-bond donors (Lipinski definition) is 1. The monoisotopic (exact) mass is 284 g/mol. The molecule has 19 heavy (non-hydrogen) atoms. The van der Waals surface area contributed by atoms with Crippen LogP contribution < -0.4 is 0 Å². The van der Waals surface area contributed by atoms with E-state index in [-0.39, 0.29) is 5.82 Å². The number of hydrogen-bond acceptors (Lipinski definition) is 3. The molecule has 2 aromatic rings. The fourth-order valence-electron chi connectivity index (χ4n) is 1.80. The molecule has 0 aliphatic rings. The maximum absolute atomic E-state index is 12.9. The Hall–Kier alpha value is -1.43. The molecule has 0 saturated carbocycles. The Labute approximate surface area is 115 Å². The van der Waals surface area contributed by atoms with Crippen molar-refractivity contribution < 1.29 is 14.2 Å². The standard InChI is InChI=1S/C13H14ClFN2O2/c1-19-7-6-17-12(11(14)8-16-17)13(18)9-2-4-10(15)5-3-9/h2-5,8,13,18H,6-7H2,1H3. The molecule has 1 heterocycles. The summed E-state index contributed by atoms with van der Waals surface area (Å²) >= 11 is 6.04. The van der Waals surface area contributed by atoms with Gasteiger partial charge in [-0.05, 0) is 17.7 Å². The van der Waals surface area contributed by atoms with Gasteiger partial charge >= 0.3 is 0 Å². The maximum Gasteiger partial charge on any atom is 0.123 e. The summed E-state index contributed by atoms with van der Waals surface area (Å²) in [6, 6.07) is 5.62. The molecular weight excluding hydrogens is 271 g/mol. The molecule has 0 saturated heterocycles. The Bertz CT molecular complexity index is 542. The first kappa shape index (κ1) is 14.0. The van der Waals surface area contributed by atoms with Crippen LogP contribution in [0, 0.1) is 5.82 Å². The van der Waals surface area contributed by atoms with Crippen molar-refractivity contribution in [3.05, 3.63) is 52.6 Å². The summed E-state index contributed by atoms with van der Waals surface area (Å²) in [5.41, 5.74) is 1.03. The summed E-state index contributed by atoms with van der Waals surface area (Å²) < 4.78 is 19.4. The van der Waals surface area contributed by atoms with E-state index in [4.69, 9.17) is 16.3 Å². The summed E-state index contributed by atoms with van der Waals surface area (Å²) in [5, 5.41) is 14.8.